The molecular weight excluding hydrogens is 226 g/mol. The monoisotopic (exact) mass is 251 g/mol. The third kappa shape index (κ3) is 2.56. The van der Waals surface area contributed by atoms with Crippen molar-refractivity contribution < 1.29 is 9.53 Å². The summed E-state index contributed by atoms with van der Waals surface area (Å²) in [6.07, 6.45) is 9.89. The van der Waals surface area contributed by atoms with Gasteiger partial charge in [0, 0.05) is 0 Å². The summed E-state index contributed by atoms with van der Waals surface area (Å²) in [6.45, 7) is 1.01. The minimum Gasteiger partial charge on any atom is -0.468 e. The highest BCUT2D eigenvalue weighted by Gasteiger charge is 2.47. The van der Waals surface area contributed by atoms with Crippen LogP contribution in [0, 0.1) is 17.8 Å². The Morgan fingerprint density at radius 2 is 2.00 bits per heavy atom. The van der Waals surface area contributed by atoms with Crippen molar-refractivity contribution in [2.75, 3.05) is 13.7 Å². The van der Waals surface area contributed by atoms with Gasteiger partial charge >= 0.3 is 5.97 Å². The van der Waals surface area contributed by atoms with Gasteiger partial charge in [-0.15, -0.1) is 0 Å². The molecule has 0 bridgehead atoms. The summed E-state index contributed by atoms with van der Waals surface area (Å²) in [5.41, 5.74) is -0.358. The Bertz CT molecular complexity index is 322. The van der Waals surface area contributed by atoms with Gasteiger partial charge in [0.15, 0.2) is 0 Å². The van der Waals surface area contributed by atoms with Crippen LogP contribution in [0.1, 0.15) is 51.4 Å². The molecule has 0 heterocycles. The molecule has 3 aliphatic rings. The first-order valence-electron chi connectivity index (χ1n) is 7.57. The molecule has 18 heavy (non-hydrogen) atoms. The van der Waals surface area contributed by atoms with E-state index in [4.69, 9.17) is 4.74 Å². The molecule has 102 valence electrons. The van der Waals surface area contributed by atoms with Gasteiger partial charge in [-0.2, -0.15) is 0 Å². The number of carbonyl (C=O) groups is 1. The third-order valence-electron chi connectivity index (χ3n) is 5.08. The highest BCUT2D eigenvalue weighted by atomic mass is 16.5. The molecule has 3 saturated carbocycles. The number of carbonyl (C=O) groups excluding carboxylic acids is 1. The Labute approximate surface area is 110 Å². The van der Waals surface area contributed by atoms with Crippen molar-refractivity contribution >= 4 is 5.97 Å². The molecule has 0 saturated heterocycles. The fourth-order valence-corrected chi connectivity index (χ4v) is 3.56. The van der Waals surface area contributed by atoms with E-state index in [-0.39, 0.29) is 11.5 Å². The van der Waals surface area contributed by atoms with Crippen LogP contribution in [-0.4, -0.2) is 25.2 Å². The highest BCUT2D eigenvalue weighted by Crippen LogP contribution is 2.47. The Kier molecular flexibility index (Phi) is 3.35. The van der Waals surface area contributed by atoms with Crippen LogP contribution in [0.25, 0.3) is 0 Å². The molecule has 0 amide bonds. The van der Waals surface area contributed by atoms with Gasteiger partial charge in [-0.3, -0.25) is 4.79 Å². The van der Waals surface area contributed by atoms with Gasteiger partial charge < -0.3 is 10.1 Å². The number of esters is 1. The van der Waals surface area contributed by atoms with E-state index in [0.29, 0.717) is 0 Å². The van der Waals surface area contributed by atoms with Crippen LogP contribution in [0.5, 0.6) is 0 Å². The molecule has 3 aliphatic carbocycles. The molecule has 0 aliphatic heterocycles. The maximum Gasteiger partial charge on any atom is 0.326 e. The summed E-state index contributed by atoms with van der Waals surface area (Å²) in [6, 6.07) is 0. The fraction of sp³-hybridized carbons (Fsp3) is 0.933. The first-order valence-corrected chi connectivity index (χ1v) is 7.57. The zero-order chi connectivity index (χ0) is 12.6. The topological polar surface area (TPSA) is 38.3 Å². The van der Waals surface area contributed by atoms with Crippen LogP contribution >= 0.6 is 0 Å². The van der Waals surface area contributed by atoms with E-state index in [0.717, 1.165) is 37.1 Å². The SMILES string of the molecule is COC(=O)C1(NCC2CC2)CCCC(C2CC2)C1. The predicted octanol–water partition coefficient (Wildman–Crippen LogP) is 2.50. The molecule has 0 aromatic heterocycles. The molecule has 3 heteroatoms. The van der Waals surface area contributed by atoms with Gasteiger partial charge in [0.1, 0.15) is 5.54 Å². The lowest BCUT2D eigenvalue weighted by Crippen LogP contribution is -2.56. The lowest BCUT2D eigenvalue weighted by molar-refractivity contribution is -0.151. The largest absolute Gasteiger partial charge is 0.468 e. The van der Waals surface area contributed by atoms with Gasteiger partial charge in [-0.25, -0.2) is 0 Å². The summed E-state index contributed by atoms with van der Waals surface area (Å²) in [5, 5.41) is 3.59. The number of hydrogen-bond donors (Lipinski definition) is 1. The van der Waals surface area contributed by atoms with Crippen LogP contribution in [0.3, 0.4) is 0 Å². The van der Waals surface area contributed by atoms with E-state index in [9.17, 15) is 4.79 Å². The van der Waals surface area contributed by atoms with Crippen LogP contribution in [0.15, 0.2) is 0 Å². The highest BCUT2D eigenvalue weighted by molar-refractivity contribution is 5.81. The number of ether oxygens (including phenoxy) is 1. The average molecular weight is 251 g/mol. The Hall–Kier alpha value is -0.570. The average Bonchev–Trinajstić information content (AvgIpc) is 3.29. The molecule has 1 N–H and O–H groups in total. The second-order valence-corrected chi connectivity index (χ2v) is 6.59. The van der Waals surface area contributed by atoms with Crippen molar-refractivity contribution in [3.63, 3.8) is 0 Å². The van der Waals surface area contributed by atoms with Crippen molar-refractivity contribution in [1.29, 1.82) is 0 Å². The van der Waals surface area contributed by atoms with Crippen molar-refractivity contribution in [3.8, 4) is 0 Å². The fourth-order valence-electron chi connectivity index (χ4n) is 3.56. The molecule has 3 rings (SSSR count). The van der Waals surface area contributed by atoms with Gasteiger partial charge in [-0.1, -0.05) is 12.8 Å². The second-order valence-electron chi connectivity index (χ2n) is 6.59. The molecular formula is C15H25NO2. The second kappa shape index (κ2) is 4.84. The van der Waals surface area contributed by atoms with Crippen LogP contribution < -0.4 is 5.32 Å². The first-order chi connectivity index (χ1) is 8.73. The van der Waals surface area contributed by atoms with E-state index < -0.39 is 0 Å². The number of rotatable bonds is 5. The van der Waals surface area contributed by atoms with Gasteiger partial charge in [0.05, 0.1) is 7.11 Å². The lowest BCUT2D eigenvalue weighted by Gasteiger charge is -2.39. The van der Waals surface area contributed by atoms with E-state index >= 15 is 0 Å². The summed E-state index contributed by atoms with van der Waals surface area (Å²) in [5.74, 6) is 2.45. The molecule has 2 atom stereocenters. The van der Waals surface area contributed by atoms with Crippen LogP contribution in [-0.2, 0) is 9.53 Å². The summed E-state index contributed by atoms with van der Waals surface area (Å²) in [7, 11) is 1.53. The minimum absolute atomic E-state index is 0.0199. The van der Waals surface area contributed by atoms with Crippen molar-refractivity contribution in [3.05, 3.63) is 0 Å². The standard InChI is InChI=1S/C15H25NO2/c1-18-14(17)15(16-10-11-4-5-11)8-2-3-13(9-15)12-6-7-12/h11-13,16H,2-10H2,1H3. The zero-order valence-corrected chi connectivity index (χ0v) is 11.4. The minimum atomic E-state index is -0.358. The normalized spacial score (nSPS) is 36.4. The first kappa shape index (κ1) is 12.5. The predicted molar refractivity (Wildman–Crippen MR) is 70.2 cm³/mol. The van der Waals surface area contributed by atoms with Crippen molar-refractivity contribution in [2.45, 2.75) is 56.9 Å². The maximum absolute atomic E-state index is 12.2. The molecule has 0 aromatic rings. The van der Waals surface area contributed by atoms with Crippen LogP contribution in [0.4, 0.5) is 0 Å². The quantitative estimate of drug-likeness (QED) is 0.763. The van der Waals surface area contributed by atoms with Crippen molar-refractivity contribution in [2.24, 2.45) is 17.8 Å². The molecule has 2 unspecified atom stereocenters. The van der Waals surface area contributed by atoms with Gasteiger partial charge in [-0.05, 0) is 62.8 Å². The molecule has 0 aromatic carbocycles. The van der Waals surface area contributed by atoms with Crippen molar-refractivity contribution in [1.82, 2.24) is 5.32 Å². The Morgan fingerprint density at radius 1 is 1.22 bits per heavy atom. The van der Waals surface area contributed by atoms with E-state index in [1.54, 1.807) is 0 Å². The lowest BCUT2D eigenvalue weighted by atomic mass is 9.73. The molecule has 3 nitrogen and oxygen atoms in total. The molecule has 0 radical (unpaired) electrons. The van der Waals surface area contributed by atoms with Crippen LogP contribution in [0.2, 0.25) is 0 Å². The molecule has 0 spiro atoms. The maximum atomic E-state index is 12.2. The zero-order valence-electron chi connectivity index (χ0n) is 11.4. The Morgan fingerprint density at radius 3 is 2.61 bits per heavy atom. The summed E-state index contributed by atoms with van der Waals surface area (Å²) >= 11 is 0. The van der Waals surface area contributed by atoms with Gasteiger partial charge in [0.25, 0.3) is 0 Å². The smallest absolute Gasteiger partial charge is 0.326 e. The number of methoxy groups -OCH3 is 1. The summed E-state index contributed by atoms with van der Waals surface area (Å²) < 4.78 is 5.09. The van der Waals surface area contributed by atoms with E-state index in [2.05, 4.69) is 5.32 Å². The Balaban J connectivity index is 1.67. The molecule has 3 fully saturated rings. The summed E-state index contributed by atoms with van der Waals surface area (Å²) in [4.78, 5) is 12.2. The van der Waals surface area contributed by atoms with E-state index in [1.807, 2.05) is 0 Å². The van der Waals surface area contributed by atoms with E-state index in [1.165, 1.54) is 45.6 Å². The number of hydrogen-bond acceptors (Lipinski definition) is 3. The third-order valence-corrected chi connectivity index (χ3v) is 5.08. The number of nitrogens with one attached hydrogen (secondary N) is 1. The van der Waals surface area contributed by atoms with Gasteiger partial charge in [0.2, 0.25) is 0 Å².